The molecule has 4 nitrogen and oxygen atoms in total. The van der Waals surface area contributed by atoms with Crippen LogP contribution in [0.15, 0.2) is 6.07 Å². The van der Waals surface area contributed by atoms with E-state index in [1.165, 1.54) is 24.0 Å². The number of nitrogens with zero attached hydrogens (tertiary/aromatic N) is 2. The number of anilines is 1. The summed E-state index contributed by atoms with van der Waals surface area (Å²) in [5.41, 5.74) is 9.41. The minimum absolute atomic E-state index is 0.562. The quantitative estimate of drug-likeness (QED) is 0.903. The summed E-state index contributed by atoms with van der Waals surface area (Å²) >= 11 is 0. The summed E-state index contributed by atoms with van der Waals surface area (Å²) in [4.78, 5) is 7.10. The Labute approximate surface area is 116 Å². The molecule has 1 fully saturated rings. The molecule has 1 aromatic rings. The maximum absolute atomic E-state index is 5.90. The highest BCUT2D eigenvalue weighted by atomic mass is 16.5. The molecule has 2 N–H and O–H groups in total. The molecule has 0 atom stereocenters. The van der Waals surface area contributed by atoms with Gasteiger partial charge in [0.05, 0.1) is 0 Å². The highest BCUT2D eigenvalue weighted by molar-refractivity contribution is 5.51. The largest absolute Gasteiger partial charge is 0.384 e. The van der Waals surface area contributed by atoms with Gasteiger partial charge < -0.3 is 15.4 Å². The summed E-state index contributed by atoms with van der Waals surface area (Å²) < 4.78 is 5.25. The van der Waals surface area contributed by atoms with Crippen LogP contribution in [0.1, 0.15) is 29.7 Å². The third kappa shape index (κ3) is 3.25. The number of aromatic nitrogens is 1. The summed E-state index contributed by atoms with van der Waals surface area (Å²) in [6.45, 7) is 7.71. The minimum Gasteiger partial charge on any atom is -0.384 e. The first-order valence-corrected chi connectivity index (χ1v) is 7.06. The molecule has 0 saturated carbocycles. The summed E-state index contributed by atoms with van der Waals surface area (Å²) in [5.74, 6) is 1.78. The van der Waals surface area contributed by atoms with Gasteiger partial charge in [-0.15, -0.1) is 0 Å². The number of ether oxygens (including phenoxy) is 1. The number of aryl methyl sites for hydroxylation is 2. The van der Waals surface area contributed by atoms with Crippen molar-refractivity contribution >= 4 is 5.82 Å². The zero-order valence-electron chi connectivity index (χ0n) is 12.3. The molecule has 2 rings (SSSR count). The Morgan fingerprint density at radius 1 is 1.37 bits per heavy atom. The second kappa shape index (κ2) is 6.35. The second-order valence-electron chi connectivity index (χ2n) is 5.47. The number of methoxy groups -OCH3 is 1. The maximum atomic E-state index is 5.90. The summed E-state index contributed by atoms with van der Waals surface area (Å²) in [6.07, 6.45) is 2.35. The molecule has 19 heavy (non-hydrogen) atoms. The van der Waals surface area contributed by atoms with Gasteiger partial charge in [-0.25, -0.2) is 4.98 Å². The average molecular weight is 263 g/mol. The van der Waals surface area contributed by atoms with Crippen molar-refractivity contribution in [2.45, 2.75) is 33.2 Å². The van der Waals surface area contributed by atoms with E-state index < -0.39 is 0 Å². The van der Waals surface area contributed by atoms with Crippen molar-refractivity contribution in [3.05, 3.63) is 22.9 Å². The fraction of sp³-hybridized carbons (Fsp3) is 0.667. The van der Waals surface area contributed by atoms with Gasteiger partial charge in [0.2, 0.25) is 0 Å². The molecule has 0 bridgehead atoms. The fourth-order valence-electron chi connectivity index (χ4n) is 2.90. The first kappa shape index (κ1) is 14.3. The van der Waals surface area contributed by atoms with Gasteiger partial charge in [-0.05, 0) is 44.2 Å². The topological polar surface area (TPSA) is 51.4 Å². The van der Waals surface area contributed by atoms with E-state index >= 15 is 0 Å². The van der Waals surface area contributed by atoms with Crippen LogP contribution < -0.4 is 10.6 Å². The van der Waals surface area contributed by atoms with Crippen LogP contribution in [0.25, 0.3) is 0 Å². The van der Waals surface area contributed by atoms with Crippen LogP contribution in [0.2, 0.25) is 0 Å². The van der Waals surface area contributed by atoms with Crippen molar-refractivity contribution in [3.63, 3.8) is 0 Å². The molecule has 0 spiro atoms. The van der Waals surface area contributed by atoms with Crippen LogP contribution >= 0.6 is 0 Å². The van der Waals surface area contributed by atoms with E-state index in [9.17, 15) is 0 Å². The first-order valence-electron chi connectivity index (χ1n) is 7.06. The van der Waals surface area contributed by atoms with Crippen LogP contribution in [-0.4, -0.2) is 31.8 Å². The molecule has 0 radical (unpaired) electrons. The number of hydrogen-bond acceptors (Lipinski definition) is 4. The van der Waals surface area contributed by atoms with Gasteiger partial charge in [0.15, 0.2) is 0 Å². The van der Waals surface area contributed by atoms with Crippen LogP contribution in [0.4, 0.5) is 5.82 Å². The number of hydrogen-bond donors (Lipinski definition) is 1. The zero-order chi connectivity index (χ0) is 13.8. The molecular weight excluding hydrogens is 238 g/mol. The van der Waals surface area contributed by atoms with Crippen molar-refractivity contribution in [3.8, 4) is 0 Å². The van der Waals surface area contributed by atoms with E-state index in [1.54, 1.807) is 7.11 Å². The van der Waals surface area contributed by atoms with Gasteiger partial charge in [0.1, 0.15) is 5.82 Å². The third-order valence-corrected chi connectivity index (χ3v) is 3.97. The van der Waals surface area contributed by atoms with Crippen molar-refractivity contribution in [1.82, 2.24) is 4.98 Å². The van der Waals surface area contributed by atoms with Crippen LogP contribution in [0.5, 0.6) is 0 Å². The third-order valence-electron chi connectivity index (χ3n) is 3.97. The van der Waals surface area contributed by atoms with Crippen molar-refractivity contribution in [2.75, 3.05) is 31.7 Å². The smallest absolute Gasteiger partial charge is 0.133 e. The molecule has 106 valence electrons. The summed E-state index contributed by atoms with van der Waals surface area (Å²) in [5, 5.41) is 0. The van der Waals surface area contributed by atoms with E-state index in [4.69, 9.17) is 15.5 Å². The predicted octanol–water partition coefficient (Wildman–Crippen LogP) is 2.02. The summed E-state index contributed by atoms with van der Waals surface area (Å²) in [7, 11) is 1.78. The summed E-state index contributed by atoms with van der Waals surface area (Å²) in [6, 6.07) is 2.11. The van der Waals surface area contributed by atoms with E-state index in [0.717, 1.165) is 31.2 Å². The Kier molecular flexibility index (Phi) is 4.77. The lowest BCUT2D eigenvalue weighted by Gasteiger charge is -2.34. The average Bonchev–Trinajstić information content (AvgIpc) is 2.39. The van der Waals surface area contributed by atoms with E-state index in [2.05, 4.69) is 24.8 Å². The highest BCUT2D eigenvalue weighted by Crippen LogP contribution is 2.27. The van der Waals surface area contributed by atoms with E-state index in [1.807, 2.05) is 0 Å². The molecule has 1 aromatic heterocycles. The normalized spacial score (nSPS) is 16.9. The molecule has 0 aliphatic carbocycles. The number of pyridine rings is 1. The lowest BCUT2D eigenvalue weighted by molar-refractivity contribution is 0.139. The van der Waals surface area contributed by atoms with Gasteiger partial charge in [-0.2, -0.15) is 0 Å². The Hall–Kier alpha value is -1.13. The fourth-order valence-corrected chi connectivity index (χ4v) is 2.90. The lowest BCUT2D eigenvalue weighted by atomic mass is 9.97. The maximum Gasteiger partial charge on any atom is 0.133 e. The molecule has 0 amide bonds. The van der Waals surface area contributed by atoms with Crippen molar-refractivity contribution in [1.29, 1.82) is 0 Å². The molecule has 0 aromatic carbocycles. The molecule has 0 unspecified atom stereocenters. The monoisotopic (exact) mass is 263 g/mol. The number of nitrogens with two attached hydrogens (primary N) is 1. The Morgan fingerprint density at radius 2 is 2.05 bits per heavy atom. The molecule has 1 aliphatic rings. The van der Waals surface area contributed by atoms with Crippen LogP contribution in [0, 0.1) is 19.8 Å². The van der Waals surface area contributed by atoms with Crippen molar-refractivity contribution < 1.29 is 4.74 Å². The Morgan fingerprint density at radius 3 is 2.63 bits per heavy atom. The van der Waals surface area contributed by atoms with Gasteiger partial charge in [0, 0.05) is 44.6 Å². The number of piperidine rings is 1. The highest BCUT2D eigenvalue weighted by Gasteiger charge is 2.22. The van der Waals surface area contributed by atoms with Crippen LogP contribution in [0.3, 0.4) is 0 Å². The lowest BCUT2D eigenvalue weighted by Crippen LogP contribution is -2.36. The van der Waals surface area contributed by atoms with Gasteiger partial charge >= 0.3 is 0 Å². The molecule has 1 aliphatic heterocycles. The molecule has 4 heteroatoms. The van der Waals surface area contributed by atoms with E-state index in [0.29, 0.717) is 12.5 Å². The SMILES string of the molecule is COCC1CCN(c2nc(C)cc(C)c2CN)CC1. The standard InChI is InChI=1S/C15H25N3O/c1-11-8-12(2)17-15(14(11)9-16)18-6-4-13(5-7-18)10-19-3/h8,13H,4-7,9-10,16H2,1-3H3. The van der Waals surface area contributed by atoms with E-state index in [-0.39, 0.29) is 0 Å². The molecule has 1 saturated heterocycles. The molecule has 2 heterocycles. The second-order valence-corrected chi connectivity index (χ2v) is 5.47. The minimum atomic E-state index is 0.562. The number of rotatable bonds is 4. The van der Waals surface area contributed by atoms with Gasteiger partial charge in [-0.1, -0.05) is 0 Å². The molecular formula is C15H25N3O. The van der Waals surface area contributed by atoms with Gasteiger partial charge in [-0.3, -0.25) is 0 Å². The first-order chi connectivity index (χ1) is 9.15. The van der Waals surface area contributed by atoms with Crippen LogP contribution in [-0.2, 0) is 11.3 Å². The zero-order valence-corrected chi connectivity index (χ0v) is 12.3. The van der Waals surface area contributed by atoms with Gasteiger partial charge in [0.25, 0.3) is 0 Å². The van der Waals surface area contributed by atoms with Crippen molar-refractivity contribution in [2.24, 2.45) is 11.7 Å². The Bertz CT molecular complexity index is 426. The predicted molar refractivity (Wildman–Crippen MR) is 78.4 cm³/mol. The Balaban J connectivity index is 2.15.